The molecule has 4 aliphatic rings. The number of hydrogen-bond donors (Lipinski definition) is 1. The number of nitrogens with zero attached hydrogens (tertiary/aromatic N) is 5. The van der Waals surface area contributed by atoms with E-state index in [1.165, 1.54) is 7.11 Å². The molecule has 4 amide bonds. The lowest BCUT2D eigenvalue weighted by Crippen LogP contribution is -2.52. The van der Waals surface area contributed by atoms with Gasteiger partial charge in [0.2, 0.25) is 11.8 Å². The van der Waals surface area contributed by atoms with Crippen molar-refractivity contribution in [3.63, 3.8) is 0 Å². The molecule has 4 aromatic carbocycles. The predicted molar refractivity (Wildman–Crippen MR) is 254 cm³/mol. The zero-order valence-corrected chi connectivity index (χ0v) is 39.9. The second-order valence-electron chi connectivity index (χ2n) is 18.6. The van der Waals surface area contributed by atoms with Gasteiger partial charge in [0.1, 0.15) is 21.3 Å². The zero-order valence-electron chi connectivity index (χ0n) is 39.1. The first-order valence-corrected chi connectivity index (χ1v) is 25.5. The van der Waals surface area contributed by atoms with E-state index in [-0.39, 0.29) is 41.8 Å². The largest absolute Gasteiger partial charge is 0.493 e. The average Bonchev–Trinajstić information content (AvgIpc) is 3.78. The number of piperidine rings is 3. The Hall–Kier alpha value is -6.40. The van der Waals surface area contributed by atoms with E-state index in [1.54, 1.807) is 55.1 Å². The number of benzene rings is 4. The summed E-state index contributed by atoms with van der Waals surface area (Å²) in [6, 6.07) is 21.9. The molecule has 15 nitrogen and oxygen atoms in total. The number of carbonyl (C=O) groups excluding carboxylic acids is 4. The fourth-order valence-electron chi connectivity index (χ4n) is 10.6. The molecule has 1 N–H and O–H groups in total. The molecule has 1 aromatic heterocycles. The van der Waals surface area contributed by atoms with Gasteiger partial charge in [-0.05, 0) is 111 Å². The molecule has 9 rings (SSSR count). The first-order valence-electron chi connectivity index (χ1n) is 23.4. The van der Waals surface area contributed by atoms with Gasteiger partial charge in [0, 0.05) is 56.7 Å². The van der Waals surface area contributed by atoms with Crippen molar-refractivity contribution < 1.29 is 50.6 Å². The molecule has 69 heavy (non-hydrogen) atoms. The van der Waals surface area contributed by atoms with Crippen LogP contribution >= 0.6 is 0 Å². The summed E-state index contributed by atoms with van der Waals surface area (Å²) in [6.07, 6.45) is 3.67. The number of ether oxygens (including phenoxy) is 3. The third kappa shape index (κ3) is 9.78. The molecule has 364 valence electrons. The number of imide groups is 2. The highest BCUT2D eigenvalue weighted by atomic mass is 32.2. The molecule has 0 radical (unpaired) electrons. The van der Waals surface area contributed by atoms with Gasteiger partial charge in [-0.25, -0.2) is 17.2 Å². The van der Waals surface area contributed by atoms with Crippen LogP contribution in [-0.4, -0.2) is 116 Å². The third-order valence-corrected chi connectivity index (χ3v) is 15.0. The van der Waals surface area contributed by atoms with E-state index in [4.69, 9.17) is 14.2 Å². The maximum Gasteiger partial charge on any atom is 0.264 e. The molecule has 3 saturated heterocycles. The molecule has 18 heteroatoms. The molecule has 0 spiro atoms. The lowest BCUT2D eigenvalue weighted by atomic mass is 9.76. The van der Waals surface area contributed by atoms with E-state index in [2.05, 4.69) is 10.4 Å². The minimum atomic E-state index is -3.69. The molecule has 0 saturated carbocycles. The first-order chi connectivity index (χ1) is 33.0. The predicted octanol–water partition coefficient (Wildman–Crippen LogP) is 7.09. The zero-order chi connectivity index (χ0) is 48.8. The summed E-state index contributed by atoms with van der Waals surface area (Å²) < 4.78 is 76.7. The van der Waals surface area contributed by atoms with Crippen LogP contribution < -0.4 is 24.4 Å². The van der Waals surface area contributed by atoms with E-state index in [0.717, 1.165) is 27.6 Å². The third-order valence-electron chi connectivity index (χ3n) is 14.0. The fourth-order valence-corrected chi connectivity index (χ4v) is 11.6. The summed E-state index contributed by atoms with van der Waals surface area (Å²) >= 11 is 0. The number of sulfone groups is 1. The Kier molecular flexibility index (Phi) is 13.2. The molecule has 0 bridgehead atoms. The Balaban J connectivity index is 0.794. The van der Waals surface area contributed by atoms with Crippen LogP contribution in [0.1, 0.15) is 88.5 Å². The highest BCUT2D eigenvalue weighted by molar-refractivity contribution is 7.90. The number of methoxy groups -OCH3 is 1. The minimum absolute atomic E-state index is 0.170. The Morgan fingerprint density at radius 2 is 1.64 bits per heavy atom. The van der Waals surface area contributed by atoms with E-state index >= 15 is 8.78 Å². The monoisotopic (exact) mass is 966 g/mol. The van der Waals surface area contributed by atoms with Crippen LogP contribution in [0.3, 0.4) is 0 Å². The van der Waals surface area contributed by atoms with E-state index in [1.807, 2.05) is 52.3 Å². The van der Waals surface area contributed by atoms with Gasteiger partial charge < -0.3 is 19.1 Å². The number of aromatic nitrogens is 2. The van der Waals surface area contributed by atoms with Crippen LogP contribution in [0.5, 0.6) is 23.0 Å². The number of nitrogens with one attached hydrogen (secondary N) is 1. The number of fused-ring (bicyclic) bond motifs is 2. The first kappa shape index (κ1) is 47.7. The highest BCUT2D eigenvalue weighted by Crippen LogP contribution is 2.45. The number of carbonyl (C=O) groups is 4. The Labute approximate surface area is 399 Å². The van der Waals surface area contributed by atoms with E-state index in [9.17, 15) is 27.6 Å². The van der Waals surface area contributed by atoms with Crippen molar-refractivity contribution in [2.75, 3.05) is 63.3 Å². The number of aryl methyl sites for hydroxylation is 1. The van der Waals surface area contributed by atoms with Gasteiger partial charge in [0.15, 0.2) is 11.5 Å². The van der Waals surface area contributed by atoms with Gasteiger partial charge in [0.05, 0.1) is 66.0 Å². The van der Waals surface area contributed by atoms with Gasteiger partial charge in [-0.2, -0.15) is 5.10 Å². The van der Waals surface area contributed by atoms with Gasteiger partial charge in [-0.3, -0.25) is 39.0 Å². The molecule has 3 fully saturated rings. The number of likely N-dealkylation sites (tertiary alicyclic amines) is 1. The molecule has 3 atom stereocenters. The molecule has 1 unspecified atom stereocenters. The number of halogens is 2. The van der Waals surface area contributed by atoms with Gasteiger partial charge in [-0.1, -0.05) is 24.3 Å². The maximum absolute atomic E-state index is 16.1. The Morgan fingerprint density at radius 3 is 2.33 bits per heavy atom. The second-order valence-corrected chi connectivity index (χ2v) is 20.8. The van der Waals surface area contributed by atoms with E-state index < -0.39 is 51.2 Å². The average molecular weight is 967 g/mol. The van der Waals surface area contributed by atoms with Crippen molar-refractivity contribution in [3.05, 3.63) is 107 Å². The number of rotatable bonds is 15. The fraction of sp³-hybridized carbons (Fsp3) is 0.431. The quantitative estimate of drug-likeness (QED) is 0.106. The van der Waals surface area contributed by atoms with Crippen molar-refractivity contribution in [2.45, 2.75) is 63.3 Å². The number of hydrogen-bond acceptors (Lipinski definition) is 12. The van der Waals surface area contributed by atoms with Crippen LogP contribution in [-0.2, 0) is 32.9 Å². The normalized spacial score (nSPS) is 20.6. The number of amides is 4. The minimum Gasteiger partial charge on any atom is -0.493 e. The van der Waals surface area contributed by atoms with Crippen LogP contribution in [0.25, 0.3) is 10.9 Å². The highest BCUT2D eigenvalue weighted by Gasteiger charge is 2.49. The van der Waals surface area contributed by atoms with Crippen molar-refractivity contribution >= 4 is 50.1 Å². The van der Waals surface area contributed by atoms with Crippen molar-refractivity contribution in [3.8, 4) is 23.0 Å². The van der Waals surface area contributed by atoms with Crippen LogP contribution in [0.2, 0.25) is 0 Å². The number of anilines is 1. The van der Waals surface area contributed by atoms with E-state index in [0.29, 0.717) is 105 Å². The Bertz CT molecular complexity index is 2920. The van der Waals surface area contributed by atoms with Crippen LogP contribution in [0.4, 0.5) is 14.5 Å². The number of alkyl halides is 2. The molecule has 5 aromatic rings. The van der Waals surface area contributed by atoms with Gasteiger partial charge in [0.25, 0.3) is 17.7 Å². The summed E-state index contributed by atoms with van der Waals surface area (Å²) in [5.41, 5.74) is 3.70. The van der Waals surface area contributed by atoms with Crippen LogP contribution in [0, 0.1) is 11.8 Å². The SMILES string of the molecule is CCOc1cc([C@@H](CS(C)(=O)=O)N2C(=O)c3cccc(N4CCC([C@@H]5CCN(CCc6ccc(Oc7ccc8c(C9CCC(=O)NC9=O)nn(C)c8c7)cc6)CC5(F)F)CC4)c3C2=O)ccc1OC. The molecule has 0 aliphatic carbocycles. The lowest BCUT2D eigenvalue weighted by molar-refractivity contribution is -0.134. The second kappa shape index (κ2) is 19.2. The summed E-state index contributed by atoms with van der Waals surface area (Å²) in [6.45, 7) is 3.66. The standard InChI is InChI=1S/C51H56F2N6O9S/c1-5-67-44-27-33(11-17-43(44)66-3)42(29-69(4,64)65)59-49(62)37-7-6-8-40(46(37)50(59)63)58-25-20-32(21-26-58)39-22-24-57(30-51(39,52)53)23-19-31-9-12-34(13-10-31)68-35-14-15-36-41(28-35)56(2)55-47(36)38-16-18-45(60)54-48(38)61/h6-15,17,27-28,32,38-39,42H,5,16,18-26,29-30H2,1-4H3,(H,54,60,61)/t38?,39-,42+/m0/s1. The van der Waals surface area contributed by atoms with Gasteiger partial charge >= 0.3 is 0 Å². The van der Waals surface area contributed by atoms with Crippen molar-refractivity contribution in [1.29, 1.82) is 0 Å². The molecular formula is C51H56F2N6O9S. The molecular weight excluding hydrogens is 911 g/mol. The van der Waals surface area contributed by atoms with Crippen LogP contribution in [0.15, 0.2) is 78.9 Å². The van der Waals surface area contributed by atoms with Crippen molar-refractivity contribution in [2.24, 2.45) is 18.9 Å². The smallest absolute Gasteiger partial charge is 0.264 e. The molecule has 5 heterocycles. The topological polar surface area (TPSA) is 170 Å². The molecule has 4 aliphatic heterocycles. The summed E-state index contributed by atoms with van der Waals surface area (Å²) in [5.74, 6) is -4.76. The van der Waals surface area contributed by atoms with Crippen molar-refractivity contribution in [1.82, 2.24) is 24.9 Å². The summed E-state index contributed by atoms with van der Waals surface area (Å²) in [5, 5.41) is 7.82. The lowest BCUT2D eigenvalue weighted by Gasteiger charge is -2.45. The maximum atomic E-state index is 16.1. The van der Waals surface area contributed by atoms with Gasteiger partial charge in [-0.15, -0.1) is 0 Å². The summed E-state index contributed by atoms with van der Waals surface area (Å²) in [7, 11) is -0.413. The Morgan fingerprint density at radius 1 is 0.884 bits per heavy atom. The summed E-state index contributed by atoms with van der Waals surface area (Å²) in [4.78, 5) is 57.5.